The third-order valence-electron chi connectivity index (χ3n) is 5.26. The first-order valence-electron chi connectivity index (χ1n) is 9.81. The van der Waals surface area contributed by atoms with Gasteiger partial charge in [0.15, 0.2) is 17.4 Å². The Balaban J connectivity index is 1.65. The van der Waals surface area contributed by atoms with Crippen molar-refractivity contribution in [2.24, 2.45) is 4.99 Å². The smallest absolute Gasteiger partial charge is 0.328 e. The molecular weight excluding hydrogens is 416 g/mol. The molecule has 0 radical (unpaired) electrons. The largest absolute Gasteiger partial charge is 0.481 e. The number of benzene rings is 2. The van der Waals surface area contributed by atoms with Crippen LogP contribution in [0.2, 0.25) is 0 Å². The molecule has 2 unspecified atom stereocenters. The Kier molecular flexibility index (Phi) is 5.94. The number of carbonyl (C=O) groups is 3. The van der Waals surface area contributed by atoms with Crippen LogP contribution in [0.15, 0.2) is 65.7 Å². The van der Waals surface area contributed by atoms with E-state index < -0.39 is 24.2 Å². The third kappa shape index (κ3) is 4.27. The minimum absolute atomic E-state index is 0.169. The minimum Gasteiger partial charge on any atom is -0.481 e. The van der Waals surface area contributed by atoms with Crippen LogP contribution in [0.1, 0.15) is 11.1 Å². The van der Waals surface area contributed by atoms with E-state index in [1.54, 1.807) is 7.05 Å². The van der Waals surface area contributed by atoms with Crippen molar-refractivity contribution in [3.63, 3.8) is 0 Å². The molecule has 2 aliphatic rings. The predicted molar refractivity (Wildman–Crippen MR) is 117 cm³/mol. The molecule has 4 rings (SSSR count). The molecule has 2 aromatic rings. The molecule has 2 aromatic carbocycles. The van der Waals surface area contributed by atoms with Gasteiger partial charge in [0.2, 0.25) is 0 Å². The molecule has 31 heavy (non-hydrogen) atoms. The number of hydrogen-bond acceptors (Lipinski definition) is 6. The number of hydrogen-bond donors (Lipinski definition) is 1. The molecule has 3 amide bonds. The molecule has 1 fully saturated rings. The third-order valence-corrected chi connectivity index (χ3v) is 6.25. The zero-order valence-electron chi connectivity index (χ0n) is 16.9. The van der Waals surface area contributed by atoms with Crippen molar-refractivity contribution in [2.45, 2.75) is 25.3 Å². The number of carboxylic acid groups (broad SMARTS) is 1. The maximum atomic E-state index is 13.5. The van der Waals surface area contributed by atoms with Gasteiger partial charge in [-0.15, -0.1) is 0 Å². The maximum Gasteiger partial charge on any atom is 0.328 e. The number of carbonyl (C=O) groups excluding carboxylic acids is 2. The molecule has 2 aliphatic heterocycles. The minimum atomic E-state index is -0.969. The first-order valence-corrected chi connectivity index (χ1v) is 10.8. The zero-order valence-corrected chi connectivity index (χ0v) is 17.7. The van der Waals surface area contributed by atoms with Crippen molar-refractivity contribution in [3.8, 4) is 0 Å². The maximum absolute atomic E-state index is 13.5. The van der Waals surface area contributed by atoms with Crippen LogP contribution in [0.25, 0.3) is 0 Å². The first-order chi connectivity index (χ1) is 15.0. The van der Waals surface area contributed by atoms with E-state index >= 15 is 0 Å². The molecule has 0 aliphatic carbocycles. The van der Waals surface area contributed by atoms with E-state index in [0.29, 0.717) is 11.7 Å². The quantitative estimate of drug-likeness (QED) is 0.745. The summed E-state index contributed by atoms with van der Waals surface area (Å²) in [5.74, 6) is -1.48. The summed E-state index contributed by atoms with van der Waals surface area (Å²) in [5, 5.41) is 9.58. The Morgan fingerprint density at radius 2 is 1.58 bits per heavy atom. The molecule has 8 nitrogen and oxygen atoms in total. The number of nitrogens with zero attached hydrogens (tertiary/aromatic N) is 4. The zero-order chi connectivity index (χ0) is 22.0. The highest BCUT2D eigenvalue weighted by Gasteiger charge is 2.52. The van der Waals surface area contributed by atoms with Crippen LogP contribution in [-0.2, 0) is 22.7 Å². The van der Waals surface area contributed by atoms with E-state index in [-0.39, 0.29) is 18.2 Å². The molecule has 1 saturated heterocycles. The number of aliphatic carboxylic acids is 1. The van der Waals surface area contributed by atoms with Gasteiger partial charge in [0.25, 0.3) is 5.91 Å². The Morgan fingerprint density at radius 1 is 1.00 bits per heavy atom. The van der Waals surface area contributed by atoms with E-state index in [9.17, 15) is 14.4 Å². The van der Waals surface area contributed by atoms with Gasteiger partial charge in [-0.25, -0.2) is 9.79 Å². The predicted octanol–water partition coefficient (Wildman–Crippen LogP) is 2.46. The van der Waals surface area contributed by atoms with Crippen LogP contribution in [0, 0.1) is 0 Å². The first kappa shape index (κ1) is 20.9. The van der Waals surface area contributed by atoms with Crippen LogP contribution in [-0.4, -0.2) is 67.9 Å². The molecule has 0 spiro atoms. The van der Waals surface area contributed by atoms with E-state index in [2.05, 4.69) is 4.99 Å². The summed E-state index contributed by atoms with van der Waals surface area (Å²) in [4.78, 5) is 46.7. The van der Waals surface area contributed by atoms with Crippen molar-refractivity contribution in [3.05, 3.63) is 71.8 Å². The lowest BCUT2D eigenvalue weighted by Gasteiger charge is -2.41. The summed E-state index contributed by atoms with van der Waals surface area (Å²) >= 11 is 1.06. The van der Waals surface area contributed by atoms with Gasteiger partial charge in [-0.1, -0.05) is 72.4 Å². The number of thioether (sulfide) groups is 1. The number of amidine groups is 1. The summed E-state index contributed by atoms with van der Waals surface area (Å²) in [7, 11) is 1.62. The van der Waals surface area contributed by atoms with Gasteiger partial charge < -0.3 is 14.9 Å². The molecular formula is C22H22N4O4S. The number of aliphatic imine (C=N–C) groups is 1. The second-order valence-electron chi connectivity index (χ2n) is 7.37. The second-order valence-corrected chi connectivity index (χ2v) is 8.31. The van der Waals surface area contributed by atoms with Crippen molar-refractivity contribution < 1.29 is 19.5 Å². The molecule has 0 saturated carbocycles. The molecule has 2 atom stereocenters. The van der Waals surface area contributed by atoms with Crippen LogP contribution in [0.5, 0.6) is 0 Å². The van der Waals surface area contributed by atoms with E-state index in [1.807, 2.05) is 65.6 Å². The summed E-state index contributed by atoms with van der Waals surface area (Å²) < 4.78 is 0. The van der Waals surface area contributed by atoms with Crippen molar-refractivity contribution in [1.29, 1.82) is 0 Å². The second kappa shape index (κ2) is 8.81. The fourth-order valence-corrected chi connectivity index (χ4v) is 4.54. The van der Waals surface area contributed by atoms with Gasteiger partial charge in [0.05, 0.1) is 12.3 Å². The van der Waals surface area contributed by atoms with Crippen LogP contribution >= 0.6 is 11.8 Å². The van der Waals surface area contributed by atoms with Gasteiger partial charge in [-0.05, 0) is 11.1 Å². The van der Waals surface area contributed by atoms with Crippen molar-refractivity contribution >= 4 is 34.8 Å². The molecule has 160 valence electrons. The Hall–Kier alpha value is -3.33. The summed E-state index contributed by atoms with van der Waals surface area (Å²) in [6.45, 7) is 0.559. The highest BCUT2D eigenvalue weighted by molar-refractivity contribution is 8.14. The molecule has 1 N–H and O–H groups in total. The Bertz CT molecular complexity index is 1010. The van der Waals surface area contributed by atoms with Crippen LogP contribution in [0.3, 0.4) is 0 Å². The summed E-state index contributed by atoms with van der Waals surface area (Å²) in [5.41, 5.74) is 1.82. The SMILES string of the molecule is CN1C(=O)N(Cc2ccccc2)C(=O)C2C1N=C(SCC(=O)O)N2Cc1ccccc1. The number of likely N-dealkylation sites (N-methyl/N-ethyl adjacent to an activating group) is 1. The molecule has 0 aromatic heterocycles. The van der Waals surface area contributed by atoms with Gasteiger partial charge in [-0.2, -0.15) is 0 Å². The van der Waals surface area contributed by atoms with Gasteiger partial charge in [0.1, 0.15) is 0 Å². The van der Waals surface area contributed by atoms with Crippen LogP contribution in [0.4, 0.5) is 4.79 Å². The van der Waals surface area contributed by atoms with E-state index in [0.717, 1.165) is 22.9 Å². The lowest BCUT2D eigenvalue weighted by Crippen LogP contribution is -2.64. The highest BCUT2D eigenvalue weighted by Crippen LogP contribution is 2.33. The Morgan fingerprint density at radius 3 is 2.16 bits per heavy atom. The van der Waals surface area contributed by atoms with Crippen LogP contribution < -0.4 is 0 Å². The van der Waals surface area contributed by atoms with Gasteiger partial charge in [0, 0.05) is 13.6 Å². The summed E-state index contributed by atoms with van der Waals surface area (Å²) in [6.07, 6.45) is -0.688. The Labute approximate surface area is 184 Å². The highest BCUT2D eigenvalue weighted by atomic mass is 32.2. The van der Waals surface area contributed by atoms with Crippen molar-refractivity contribution in [2.75, 3.05) is 12.8 Å². The van der Waals surface area contributed by atoms with Gasteiger partial charge >= 0.3 is 12.0 Å². The average molecular weight is 439 g/mol. The summed E-state index contributed by atoms with van der Waals surface area (Å²) in [6, 6.07) is 17.8. The lowest BCUT2D eigenvalue weighted by molar-refractivity contribution is -0.138. The molecule has 0 bridgehead atoms. The topological polar surface area (TPSA) is 93.5 Å². The molecule has 9 heteroatoms. The number of imide groups is 1. The fraction of sp³-hybridized carbons (Fsp3) is 0.273. The van der Waals surface area contributed by atoms with E-state index in [4.69, 9.17) is 5.11 Å². The monoisotopic (exact) mass is 438 g/mol. The normalized spacial score (nSPS) is 20.7. The van der Waals surface area contributed by atoms with Gasteiger partial charge in [-0.3, -0.25) is 14.5 Å². The number of fused-ring (bicyclic) bond motifs is 1. The number of amides is 3. The van der Waals surface area contributed by atoms with Crippen molar-refractivity contribution in [1.82, 2.24) is 14.7 Å². The number of rotatable bonds is 6. The lowest BCUT2D eigenvalue weighted by atomic mass is 10.1. The number of urea groups is 1. The fourth-order valence-electron chi connectivity index (χ4n) is 3.76. The standard InChI is InChI=1S/C22H22N4O4S/c1-24-19-18(20(29)26(22(24)30)13-16-10-6-3-7-11-16)25(12-15-8-4-2-5-9-15)21(23-19)31-14-17(27)28/h2-11,18-19H,12-14H2,1H3,(H,27,28). The molecule has 2 heterocycles. The average Bonchev–Trinajstić information content (AvgIpc) is 3.13. The number of carboxylic acids is 1. The van der Waals surface area contributed by atoms with E-state index in [1.165, 1.54) is 9.80 Å².